The van der Waals surface area contributed by atoms with Gasteiger partial charge in [0.15, 0.2) is 0 Å². The third kappa shape index (κ3) is 6.94. The molecule has 212 valence electrons. The first-order valence-electron chi connectivity index (χ1n) is 14.8. The first kappa shape index (κ1) is 28.8. The van der Waals surface area contributed by atoms with Crippen molar-refractivity contribution < 1.29 is 4.79 Å². The molecule has 0 aromatic heterocycles. The van der Waals surface area contributed by atoms with Crippen molar-refractivity contribution >= 4 is 17.1 Å². The van der Waals surface area contributed by atoms with E-state index in [1.165, 1.54) is 0 Å². The van der Waals surface area contributed by atoms with Crippen molar-refractivity contribution in [3.05, 3.63) is 82.4 Å². The number of carbonyl (C=O) groups excluding carboxylic acids is 1. The highest BCUT2D eigenvalue weighted by molar-refractivity contribution is 6.00. The molecule has 0 N–H and O–H groups in total. The first-order valence-corrected chi connectivity index (χ1v) is 14.8. The maximum atomic E-state index is 13.7. The molecular formula is C34H40N6O. The van der Waals surface area contributed by atoms with Crippen molar-refractivity contribution in [2.45, 2.75) is 25.8 Å². The lowest BCUT2D eigenvalue weighted by atomic mass is 9.81. The third-order valence-electron chi connectivity index (χ3n) is 8.67. The topological polar surface area (TPSA) is 77.6 Å². The zero-order valence-corrected chi connectivity index (χ0v) is 24.4. The molecule has 2 heterocycles. The Morgan fingerprint density at radius 1 is 0.854 bits per heavy atom. The average molecular weight is 549 g/mol. The number of likely N-dealkylation sites (N-methyl/N-ethyl adjacent to an activating group) is 2. The van der Waals surface area contributed by atoms with E-state index in [1.54, 1.807) is 0 Å². The van der Waals surface area contributed by atoms with Crippen LogP contribution in [0, 0.1) is 28.6 Å². The minimum Gasteiger partial charge on any atom is -0.341 e. The maximum Gasteiger partial charge on any atom is 0.229 e. The number of hydrogen-bond donors (Lipinski definition) is 0. The van der Waals surface area contributed by atoms with Crippen LogP contribution in [0.5, 0.6) is 0 Å². The van der Waals surface area contributed by atoms with Gasteiger partial charge < -0.3 is 14.7 Å². The van der Waals surface area contributed by atoms with Gasteiger partial charge in [-0.2, -0.15) is 10.5 Å². The molecule has 2 aromatic rings. The van der Waals surface area contributed by atoms with E-state index >= 15 is 0 Å². The smallest absolute Gasteiger partial charge is 0.229 e. The van der Waals surface area contributed by atoms with Crippen molar-refractivity contribution in [3.8, 4) is 12.1 Å². The number of rotatable bonds is 5. The van der Waals surface area contributed by atoms with Crippen LogP contribution in [-0.4, -0.2) is 92.0 Å². The van der Waals surface area contributed by atoms with Gasteiger partial charge in [0, 0.05) is 39.3 Å². The Labute approximate surface area is 244 Å². The highest BCUT2D eigenvalue weighted by Gasteiger charge is 2.29. The minimum absolute atomic E-state index is 0.167. The molecule has 2 fully saturated rings. The van der Waals surface area contributed by atoms with Gasteiger partial charge in [0.1, 0.15) is 0 Å². The number of amides is 1. The SMILES string of the molecule is CN1CCCN(Cc2ccc(C3=C(c4ccc(C#N)cc4)CC(C(=O)N4CCCN(C)CC4)C=C3)c(C#N)c2)CC1. The Balaban J connectivity index is 1.45. The predicted molar refractivity (Wildman–Crippen MR) is 162 cm³/mol. The van der Waals surface area contributed by atoms with Crippen LogP contribution in [0.25, 0.3) is 11.1 Å². The summed E-state index contributed by atoms with van der Waals surface area (Å²) < 4.78 is 0. The van der Waals surface area contributed by atoms with Crippen molar-refractivity contribution in [2.75, 3.05) is 66.5 Å². The summed E-state index contributed by atoms with van der Waals surface area (Å²) in [6.07, 6.45) is 6.77. The van der Waals surface area contributed by atoms with Crippen LogP contribution in [0.1, 0.15) is 47.1 Å². The maximum absolute atomic E-state index is 13.7. The molecule has 0 bridgehead atoms. The Morgan fingerprint density at radius 2 is 1.59 bits per heavy atom. The summed E-state index contributed by atoms with van der Waals surface area (Å²) in [5, 5.41) is 19.6. The van der Waals surface area contributed by atoms with E-state index in [9.17, 15) is 15.3 Å². The fourth-order valence-corrected chi connectivity index (χ4v) is 6.19. The zero-order chi connectivity index (χ0) is 28.8. The van der Waals surface area contributed by atoms with E-state index in [1.807, 2.05) is 47.4 Å². The lowest BCUT2D eigenvalue weighted by Crippen LogP contribution is -2.38. The summed E-state index contributed by atoms with van der Waals surface area (Å²) >= 11 is 0. The molecule has 0 spiro atoms. The fraction of sp³-hybridized carbons (Fsp3) is 0.441. The number of nitrogens with zero attached hydrogens (tertiary/aromatic N) is 6. The van der Waals surface area contributed by atoms with E-state index in [4.69, 9.17) is 0 Å². The summed E-state index contributed by atoms with van der Waals surface area (Å²) in [6.45, 7) is 8.52. The van der Waals surface area contributed by atoms with Crippen LogP contribution >= 0.6 is 0 Å². The quantitative estimate of drug-likeness (QED) is 0.557. The Kier molecular flexibility index (Phi) is 9.31. The second-order valence-corrected chi connectivity index (χ2v) is 11.7. The summed E-state index contributed by atoms with van der Waals surface area (Å²) in [5.41, 5.74) is 6.30. The van der Waals surface area contributed by atoms with Crippen LogP contribution in [0.15, 0.2) is 54.6 Å². The minimum atomic E-state index is -0.251. The predicted octanol–water partition coefficient (Wildman–Crippen LogP) is 4.22. The zero-order valence-electron chi connectivity index (χ0n) is 24.4. The number of hydrogen-bond acceptors (Lipinski definition) is 6. The van der Waals surface area contributed by atoms with E-state index in [2.05, 4.69) is 53.1 Å². The lowest BCUT2D eigenvalue weighted by molar-refractivity contribution is -0.133. The molecule has 7 nitrogen and oxygen atoms in total. The molecular weight excluding hydrogens is 508 g/mol. The molecule has 0 saturated carbocycles. The molecule has 2 saturated heterocycles. The molecule has 0 radical (unpaired) electrons. The van der Waals surface area contributed by atoms with Crippen LogP contribution in [-0.2, 0) is 11.3 Å². The molecule has 2 aliphatic heterocycles. The van der Waals surface area contributed by atoms with E-state index < -0.39 is 0 Å². The molecule has 41 heavy (non-hydrogen) atoms. The van der Waals surface area contributed by atoms with Crippen molar-refractivity contribution in [3.63, 3.8) is 0 Å². The van der Waals surface area contributed by atoms with Crippen LogP contribution in [0.4, 0.5) is 0 Å². The number of allylic oxidation sites excluding steroid dienone is 3. The monoisotopic (exact) mass is 548 g/mol. The third-order valence-corrected chi connectivity index (χ3v) is 8.67. The number of carbonyl (C=O) groups is 1. The highest BCUT2D eigenvalue weighted by Crippen LogP contribution is 2.39. The second-order valence-electron chi connectivity index (χ2n) is 11.7. The largest absolute Gasteiger partial charge is 0.341 e. The standard InChI is InChI=1S/C34H40N6O/c1-37-13-3-15-39(19-17-37)25-27-7-11-31(30(21-27)24-36)32-12-10-29(34(41)40-16-4-14-38(2)18-20-40)22-33(32)28-8-5-26(23-35)6-9-28/h5-12,21,29H,3-4,13-20,22,25H2,1-2H3. The summed E-state index contributed by atoms with van der Waals surface area (Å²) in [4.78, 5) is 22.8. The Bertz CT molecular complexity index is 1400. The molecule has 1 aliphatic carbocycles. The van der Waals surface area contributed by atoms with Gasteiger partial charge in [-0.15, -0.1) is 0 Å². The van der Waals surface area contributed by atoms with Gasteiger partial charge in [-0.25, -0.2) is 0 Å². The van der Waals surface area contributed by atoms with Gasteiger partial charge in [0.05, 0.1) is 29.2 Å². The lowest BCUT2D eigenvalue weighted by Gasteiger charge is -2.28. The van der Waals surface area contributed by atoms with Gasteiger partial charge in [0.25, 0.3) is 0 Å². The number of nitriles is 2. The van der Waals surface area contributed by atoms with Gasteiger partial charge in [0.2, 0.25) is 5.91 Å². The van der Waals surface area contributed by atoms with Gasteiger partial charge in [-0.3, -0.25) is 9.69 Å². The molecule has 1 amide bonds. The summed E-state index contributed by atoms with van der Waals surface area (Å²) in [6, 6.07) is 18.5. The van der Waals surface area contributed by atoms with Crippen LogP contribution in [0.3, 0.4) is 0 Å². The highest BCUT2D eigenvalue weighted by atomic mass is 16.2. The van der Waals surface area contributed by atoms with E-state index in [-0.39, 0.29) is 11.8 Å². The van der Waals surface area contributed by atoms with E-state index in [0.717, 1.165) is 99.6 Å². The average Bonchev–Trinajstić information content (AvgIpc) is 3.35. The van der Waals surface area contributed by atoms with Crippen molar-refractivity contribution in [1.29, 1.82) is 10.5 Å². The Hall–Kier alpha value is -3.75. The molecule has 7 heteroatoms. The molecule has 5 rings (SSSR count). The normalized spacial score (nSPS) is 21.2. The van der Waals surface area contributed by atoms with Crippen LogP contribution in [0.2, 0.25) is 0 Å². The number of benzene rings is 2. The summed E-state index contributed by atoms with van der Waals surface area (Å²) in [5.74, 6) is -0.0838. The molecule has 3 aliphatic rings. The van der Waals surface area contributed by atoms with Crippen molar-refractivity contribution in [1.82, 2.24) is 19.6 Å². The fourth-order valence-electron chi connectivity index (χ4n) is 6.19. The molecule has 1 unspecified atom stereocenters. The molecule has 2 aromatic carbocycles. The van der Waals surface area contributed by atoms with Crippen molar-refractivity contribution in [2.24, 2.45) is 5.92 Å². The second kappa shape index (κ2) is 13.3. The van der Waals surface area contributed by atoms with E-state index in [0.29, 0.717) is 17.5 Å². The Morgan fingerprint density at radius 3 is 2.32 bits per heavy atom. The summed E-state index contributed by atoms with van der Waals surface area (Å²) in [7, 11) is 4.28. The first-order chi connectivity index (χ1) is 19.9. The van der Waals surface area contributed by atoms with Gasteiger partial charge in [-0.1, -0.05) is 36.4 Å². The van der Waals surface area contributed by atoms with Gasteiger partial charge in [-0.05, 0) is 99.0 Å². The van der Waals surface area contributed by atoms with Crippen LogP contribution < -0.4 is 0 Å². The molecule has 1 atom stereocenters. The van der Waals surface area contributed by atoms with Gasteiger partial charge >= 0.3 is 0 Å².